The van der Waals surface area contributed by atoms with Crippen LogP contribution in [0.15, 0.2) is 48.5 Å². The molecule has 0 amide bonds. The van der Waals surface area contributed by atoms with Gasteiger partial charge < -0.3 is 18.9 Å². The molecule has 0 aliphatic heterocycles. The Morgan fingerprint density at radius 1 is 1.07 bits per heavy atom. The van der Waals surface area contributed by atoms with Crippen LogP contribution in [0.2, 0.25) is 0 Å². The van der Waals surface area contributed by atoms with Crippen LogP contribution >= 0.6 is 7.60 Å². The fraction of sp³-hybridized carbons (Fsp3) is 0.364. The van der Waals surface area contributed by atoms with Crippen molar-refractivity contribution >= 4 is 29.1 Å². The average molecular weight is 402 g/mol. The second-order valence-corrected chi connectivity index (χ2v) is 8.71. The van der Waals surface area contributed by atoms with Crippen LogP contribution in [0.1, 0.15) is 25.8 Å². The van der Waals surface area contributed by atoms with Gasteiger partial charge in [0.15, 0.2) is 0 Å². The van der Waals surface area contributed by atoms with Crippen molar-refractivity contribution in [1.29, 1.82) is 0 Å². The van der Waals surface area contributed by atoms with E-state index >= 15 is 0 Å². The van der Waals surface area contributed by atoms with Crippen molar-refractivity contribution in [2.75, 3.05) is 20.3 Å². The molecule has 0 saturated carbocycles. The summed E-state index contributed by atoms with van der Waals surface area (Å²) in [6.07, 6.45) is 0.341. The molecule has 0 spiro atoms. The van der Waals surface area contributed by atoms with Gasteiger partial charge in [0.2, 0.25) is 0 Å². The lowest BCUT2D eigenvalue weighted by molar-refractivity contribution is 0.148. The summed E-state index contributed by atoms with van der Waals surface area (Å²) in [7, 11) is -2.15. The first-order valence-corrected chi connectivity index (χ1v) is 11.3. The number of hydrogen-bond donors (Lipinski definition) is 1. The lowest BCUT2D eigenvalue weighted by atomic mass is 9.99. The van der Waals surface area contributed by atoms with E-state index in [0.717, 1.165) is 27.1 Å². The topological polar surface area (TPSA) is 65.0 Å². The van der Waals surface area contributed by atoms with E-state index in [-0.39, 0.29) is 12.3 Å². The maximum absolute atomic E-state index is 12.7. The molecule has 3 rings (SSSR count). The third kappa shape index (κ3) is 4.73. The number of rotatable bonds is 9. The molecule has 0 saturated heterocycles. The highest BCUT2D eigenvalue weighted by atomic mass is 31.2. The molecule has 0 aliphatic carbocycles. The van der Waals surface area contributed by atoms with Crippen LogP contribution in [-0.4, -0.2) is 31.3 Å². The molecule has 0 radical (unpaired) electrons. The summed E-state index contributed by atoms with van der Waals surface area (Å²) in [5.41, 5.74) is 0.741. The molecule has 0 heterocycles. The Balaban J connectivity index is 2.13. The predicted molar refractivity (Wildman–Crippen MR) is 113 cm³/mol. The molecule has 28 heavy (non-hydrogen) atoms. The van der Waals surface area contributed by atoms with Crippen molar-refractivity contribution in [3.63, 3.8) is 0 Å². The largest absolute Gasteiger partial charge is 0.490 e. The van der Waals surface area contributed by atoms with Crippen LogP contribution in [0.3, 0.4) is 0 Å². The van der Waals surface area contributed by atoms with Crippen molar-refractivity contribution in [2.45, 2.75) is 32.5 Å². The van der Waals surface area contributed by atoms with Gasteiger partial charge in [-0.2, -0.15) is 0 Å². The van der Waals surface area contributed by atoms with E-state index in [1.165, 1.54) is 0 Å². The zero-order valence-corrected chi connectivity index (χ0v) is 17.4. The van der Waals surface area contributed by atoms with Gasteiger partial charge in [-0.05, 0) is 35.7 Å². The fourth-order valence-corrected chi connectivity index (χ4v) is 4.75. The summed E-state index contributed by atoms with van der Waals surface area (Å²) in [5.74, 6) is 0.712. The molecule has 1 N–H and O–H groups in total. The van der Waals surface area contributed by atoms with E-state index in [0.29, 0.717) is 25.4 Å². The average Bonchev–Trinajstić information content (AvgIpc) is 2.67. The van der Waals surface area contributed by atoms with Crippen molar-refractivity contribution in [1.82, 2.24) is 0 Å². The summed E-state index contributed by atoms with van der Waals surface area (Å²) < 4.78 is 29.3. The van der Waals surface area contributed by atoms with Gasteiger partial charge in [0.1, 0.15) is 12.4 Å². The molecule has 0 aliphatic rings. The van der Waals surface area contributed by atoms with Crippen molar-refractivity contribution < 1.29 is 23.5 Å². The van der Waals surface area contributed by atoms with Crippen LogP contribution < -0.4 is 4.74 Å². The Kier molecular flexibility index (Phi) is 6.73. The first-order chi connectivity index (χ1) is 13.4. The second kappa shape index (κ2) is 9.06. The number of hydrogen-bond acceptors (Lipinski definition) is 4. The van der Waals surface area contributed by atoms with Gasteiger partial charge in [-0.3, -0.25) is 4.57 Å². The Bertz CT molecular complexity index is 1000. The molecule has 150 valence electrons. The number of fused-ring (bicyclic) bond motifs is 2. The van der Waals surface area contributed by atoms with Crippen LogP contribution in [-0.2, 0) is 20.0 Å². The quantitative estimate of drug-likeness (QED) is 0.290. The Labute approximate surface area is 165 Å². The van der Waals surface area contributed by atoms with Crippen LogP contribution in [0.5, 0.6) is 5.75 Å². The summed E-state index contributed by atoms with van der Waals surface area (Å²) >= 11 is 0. The monoisotopic (exact) mass is 402 g/mol. The van der Waals surface area contributed by atoms with Crippen molar-refractivity contribution in [2.24, 2.45) is 0 Å². The van der Waals surface area contributed by atoms with E-state index in [9.17, 15) is 9.46 Å². The van der Waals surface area contributed by atoms with Gasteiger partial charge in [0.05, 0.1) is 18.9 Å². The van der Waals surface area contributed by atoms with Crippen LogP contribution in [0.4, 0.5) is 0 Å². The summed E-state index contributed by atoms with van der Waals surface area (Å²) in [6, 6.07) is 15.8. The summed E-state index contributed by atoms with van der Waals surface area (Å²) in [5, 5.41) is 3.84. The third-order valence-corrected chi connectivity index (χ3v) is 6.18. The molecular formula is C22H27O5P. The van der Waals surface area contributed by atoms with Gasteiger partial charge in [0.25, 0.3) is 0 Å². The molecule has 6 heteroatoms. The number of ether oxygens (including phenoxy) is 2. The number of benzene rings is 3. The Hall–Kier alpha value is -1.91. The first kappa shape index (κ1) is 20.8. The highest BCUT2D eigenvalue weighted by Gasteiger charge is 2.25. The zero-order valence-electron chi connectivity index (χ0n) is 16.6. The first-order valence-electron chi connectivity index (χ1n) is 9.50. The van der Waals surface area contributed by atoms with Gasteiger partial charge in [-0.1, -0.05) is 49.4 Å². The standard InChI is InChI=1S/C22H27O5P/c1-4-16(2)27-28(23,24)15-19-10-7-9-18-14-17-8-5-6-11-20(17)22(21(18)19)26-13-12-25-3/h5-11,14,16H,4,12-13,15H2,1-3H3,(H,23,24). The molecule has 2 atom stereocenters. The molecule has 0 aromatic heterocycles. The van der Waals surface area contributed by atoms with Crippen LogP contribution in [0.25, 0.3) is 21.5 Å². The molecule has 0 bridgehead atoms. The zero-order chi connectivity index (χ0) is 20.1. The van der Waals surface area contributed by atoms with Gasteiger partial charge >= 0.3 is 7.60 Å². The molecule has 5 nitrogen and oxygen atoms in total. The highest BCUT2D eigenvalue weighted by molar-refractivity contribution is 7.52. The van der Waals surface area contributed by atoms with E-state index in [1.54, 1.807) is 14.0 Å². The molecule has 0 fully saturated rings. The van der Waals surface area contributed by atoms with Gasteiger partial charge in [-0.25, -0.2) is 0 Å². The Morgan fingerprint density at radius 2 is 1.82 bits per heavy atom. The maximum Gasteiger partial charge on any atom is 0.332 e. The summed E-state index contributed by atoms with van der Waals surface area (Å²) in [4.78, 5) is 10.4. The molecule has 3 aromatic carbocycles. The molecule has 3 aromatic rings. The SMILES string of the molecule is CCC(C)OP(=O)(O)Cc1cccc2cc3ccccc3c(OCCOC)c12. The normalized spacial score (nSPS) is 14.9. The molecular weight excluding hydrogens is 375 g/mol. The van der Waals surface area contributed by atoms with E-state index in [4.69, 9.17) is 14.0 Å². The second-order valence-electron chi connectivity index (χ2n) is 6.90. The minimum atomic E-state index is -3.78. The Morgan fingerprint density at radius 3 is 2.57 bits per heavy atom. The van der Waals surface area contributed by atoms with Crippen LogP contribution in [0, 0.1) is 0 Å². The highest BCUT2D eigenvalue weighted by Crippen LogP contribution is 2.49. The van der Waals surface area contributed by atoms with Crippen molar-refractivity contribution in [3.8, 4) is 5.75 Å². The maximum atomic E-state index is 12.7. The number of methoxy groups -OCH3 is 1. The van der Waals surface area contributed by atoms with Gasteiger partial charge in [-0.15, -0.1) is 0 Å². The predicted octanol–water partition coefficient (Wildman–Crippen LogP) is 5.52. The smallest absolute Gasteiger partial charge is 0.332 e. The van der Waals surface area contributed by atoms with E-state index < -0.39 is 7.60 Å². The van der Waals surface area contributed by atoms with Crippen molar-refractivity contribution in [3.05, 3.63) is 54.1 Å². The lowest BCUT2D eigenvalue weighted by Gasteiger charge is -2.19. The van der Waals surface area contributed by atoms with E-state index in [1.807, 2.05) is 49.4 Å². The third-order valence-electron chi connectivity index (χ3n) is 4.75. The lowest BCUT2D eigenvalue weighted by Crippen LogP contribution is -2.07. The minimum Gasteiger partial charge on any atom is -0.490 e. The van der Waals surface area contributed by atoms with E-state index in [2.05, 4.69) is 6.07 Å². The minimum absolute atomic E-state index is 0.0618. The fourth-order valence-electron chi connectivity index (χ4n) is 3.27. The summed E-state index contributed by atoms with van der Waals surface area (Å²) in [6.45, 7) is 4.59. The van der Waals surface area contributed by atoms with Gasteiger partial charge in [0, 0.05) is 17.9 Å². The molecule has 2 unspecified atom stereocenters.